The molecule has 3 heterocycles. The number of pyridine rings is 1. The third-order valence-electron chi connectivity index (χ3n) is 4.95. The van der Waals surface area contributed by atoms with E-state index in [0.29, 0.717) is 31.5 Å². The Balaban J connectivity index is 1.41. The molecule has 2 aliphatic rings. The van der Waals surface area contributed by atoms with E-state index in [4.69, 9.17) is 4.74 Å². The van der Waals surface area contributed by atoms with Gasteiger partial charge in [0.15, 0.2) is 0 Å². The van der Waals surface area contributed by atoms with E-state index in [-0.39, 0.29) is 17.9 Å². The maximum absolute atomic E-state index is 13.1. The van der Waals surface area contributed by atoms with Gasteiger partial charge in [0.2, 0.25) is 5.91 Å². The zero-order valence-electron chi connectivity index (χ0n) is 15.6. The predicted molar refractivity (Wildman–Crippen MR) is 108 cm³/mol. The molecule has 2 aromatic rings. The Morgan fingerprint density at radius 3 is 3.04 bits per heavy atom. The number of anilines is 1. The summed E-state index contributed by atoms with van der Waals surface area (Å²) in [5.74, 6) is -0.0476. The van der Waals surface area contributed by atoms with Crippen LogP contribution in [0.2, 0.25) is 0 Å². The maximum atomic E-state index is 13.1. The van der Waals surface area contributed by atoms with Gasteiger partial charge in [0.05, 0.1) is 17.4 Å². The van der Waals surface area contributed by atoms with Gasteiger partial charge in [-0.3, -0.25) is 9.59 Å². The van der Waals surface area contributed by atoms with Crippen molar-refractivity contribution < 1.29 is 14.3 Å². The maximum Gasteiger partial charge on any atom is 0.259 e. The highest BCUT2D eigenvalue weighted by Crippen LogP contribution is 2.39. The highest BCUT2D eigenvalue weighted by Gasteiger charge is 2.27. The number of amides is 2. The van der Waals surface area contributed by atoms with Crippen LogP contribution < -0.4 is 10.2 Å². The fourth-order valence-corrected chi connectivity index (χ4v) is 4.52. The lowest BCUT2D eigenvalue weighted by molar-refractivity contribution is -0.121. The first-order chi connectivity index (χ1) is 13.7. The Morgan fingerprint density at radius 2 is 2.18 bits per heavy atom. The summed E-state index contributed by atoms with van der Waals surface area (Å²) in [6, 6.07) is 11.3. The van der Waals surface area contributed by atoms with Gasteiger partial charge in [-0.05, 0) is 43.5 Å². The monoisotopic (exact) mass is 397 g/mol. The molecule has 6 nitrogen and oxygen atoms in total. The summed E-state index contributed by atoms with van der Waals surface area (Å²) in [7, 11) is 0. The third kappa shape index (κ3) is 4.20. The lowest BCUT2D eigenvalue weighted by Gasteiger charge is -2.22. The molecule has 1 fully saturated rings. The van der Waals surface area contributed by atoms with Gasteiger partial charge < -0.3 is 15.0 Å². The molecule has 4 rings (SSSR count). The number of nitrogens with zero attached hydrogens (tertiary/aromatic N) is 2. The third-order valence-corrected chi connectivity index (χ3v) is 6.03. The average molecular weight is 398 g/mol. The van der Waals surface area contributed by atoms with Crippen molar-refractivity contribution in [2.24, 2.45) is 0 Å². The molecule has 0 saturated carbocycles. The quantitative estimate of drug-likeness (QED) is 0.810. The molecule has 1 unspecified atom stereocenters. The second-order valence-electron chi connectivity index (χ2n) is 6.93. The molecule has 7 heteroatoms. The van der Waals surface area contributed by atoms with Crippen molar-refractivity contribution in [2.45, 2.75) is 41.7 Å². The van der Waals surface area contributed by atoms with Gasteiger partial charge in [-0.25, -0.2) is 4.98 Å². The summed E-state index contributed by atoms with van der Waals surface area (Å²) >= 11 is 1.51. The number of aromatic nitrogens is 1. The number of ether oxygens (including phenoxy) is 1. The number of rotatable bonds is 6. The van der Waals surface area contributed by atoms with E-state index >= 15 is 0 Å². The van der Waals surface area contributed by atoms with Gasteiger partial charge in [-0.2, -0.15) is 0 Å². The van der Waals surface area contributed by atoms with Gasteiger partial charge in [0.1, 0.15) is 5.03 Å². The van der Waals surface area contributed by atoms with Crippen LogP contribution in [0.3, 0.4) is 0 Å². The van der Waals surface area contributed by atoms with Crippen molar-refractivity contribution in [2.75, 3.05) is 24.6 Å². The van der Waals surface area contributed by atoms with E-state index < -0.39 is 0 Å². The number of carbonyl (C=O) groups excluding carboxylic acids is 2. The van der Waals surface area contributed by atoms with Crippen molar-refractivity contribution in [3.05, 3.63) is 48.2 Å². The summed E-state index contributed by atoms with van der Waals surface area (Å²) in [6.45, 7) is 1.82. The molecular weight excluding hydrogens is 374 g/mol. The average Bonchev–Trinajstić information content (AvgIpc) is 3.20. The van der Waals surface area contributed by atoms with Crippen LogP contribution in [0.1, 0.15) is 36.0 Å². The summed E-state index contributed by atoms with van der Waals surface area (Å²) in [6.07, 6.45) is 4.91. The molecule has 0 aliphatic carbocycles. The minimum Gasteiger partial charge on any atom is -0.376 e. The molecule has 1 aromatic heterocycles. The molecule has 1 saturated heterocycles. The molecule has 2 aliphatic heterocycles. The lowest BCUT2D eigenvalue weighted by Crippen LogP contribution is -2.34. The first kappa shape index (κ1) is 19.0. The van der Waals surface area contributed by atoms with Crippen LogP contribution in [-0.2, 0) is 9.53 Å². The van der Waals surface area contributed by atoms with Crippen molar-refractivity contribution >= 4 is 29.3 Å². The SMILES string of the molecule is O=C(CCCN1C(=O)c2ccccc2Sc2ncccc21)NCC1CCCO1. The van der Waals surface area contributed by atoms with Crippen LogP contribution in [0, 0.1) is 0 Å². The van der Waals surface area contributed by atoms with Gasteiger partial charge in [0, 0.05) is 37.2 Å². The first-order valence-electron chi connectivity index (χ1n) is 9.64. The van der Waals surface area contributed by atoms with Crippen LogP contribution in [0.4, 0.5) is 5.69 Å². The second-order valence-corrected chi connectivity index (χ2v) is 7.96. The van der Waals surface area contributed by atoms with E-state index in [1.54, 1.807) is 11.1 Å². The largest absolute Gasteiger partial charge is 0.376 e. The van der Waals surface area contributed by atoms with Crippen LogP contribution in [0.25, 0.3) is 0 Å². The number of fused-ring (bicyclic) bond motifs is 2. The predicted octanol–water partition coefficient (Wildman–Crippen LogP) is 3.27. The smallest absolute Gasteiger partial charge is 0.259 e. The van der Waals surface area contributed by atoms with Crippen LogP contribution in [-0.4, -0.2) is 42.6 Å². The highest BCUT2D eigenvalue weighted by atomic mass is 32.2. The minimum absolute atomic E-state index is 0.000966. The van der Waals surface area contributed by atoms with Gasteiger partial charge >= 0.3 is 0 Å². The number of nitrogens with one attached hydrogen (secondary N) is 1. The summed E-state index contributed by atoms with van der Waals surface area (Å²) in [4.78, 5) is 32.4. The molecule has 0 bridgehead atoms. The molecule has 0 spiro atoms. The van der Waals surface area contributed by atoms with Crippen LogP contribution in [0.15, 0.2) is 52.5 Å². The topological polar surface area (TPSA) is 71.5 Å². The summed E-state index contributed by atoms with van der Waals surface area (Å²) in [5.41, 5.74) is 1.47. The molecule has 1 aromatic carbocycles. The van der Waals surface area contributed by atoms with Crippen molar-refractivity contribution in [3.8, 4) is 0 Å². The zero-order chi connectivity index (χ0) is 19.3. The van der Waals surface area contributed by atoms with E-state index in [2.05, 4.69) is 10.3 Å². The van der Waals surface area contributed by atoms with E-state index in [1.165, 1.54) is 11.8 Å². The fourth-order valence-electron chi connectivity index (χ4n) is 3.50. The Labute approximate surface area is 168 Å². The first-order valence-corrected chi connectivity index (χ1v) is 10.5. The number of hydrogen-bond acceptors (Lipinski definition) is 5. The summed E-state index contributed by atoms with van der Waals surface area (Å²) < 4.78 is 5.53. The Kier molecular flexibility index (Phi) is 5.92. The molecule has 0 radical (unpaired) electrons. The van der Waals surface area contributed by atoms with Crippen molar-refractivity contribution in [1.82, 2.24) is 10.3 Å². The van der Waals surface area contributed by atoms with Gasteiger partial charge in [0.25, 0.3) is 5.91 Å². The number of hydrogen-bond donors (Lipinski definition) is 1. The second kappa shape index (κ2) is 8.75. The molecule has 1 atom stereocenters. The molecule has 28 heavy (non-hydrogen) atoms. The van der Waals surface area contributed by atoms with E-state index in [0.717, 1.165) is 35.1 Å². The highest BCUT2D eigenvalue weighted by molar-refractivity contribution is 7.99. The number of carbonyl (C=O) groups is 2. The molecule has 146 valence electrons. The van der Waals surface area contributed by atoms with E-state index in [1.807, 2.05) is 36.4 Å². The standard InChI is InChI=1S/C21H23N3O3S/c25-19(23-14-15-6-5-13-27-15)10-4-12-24-17-8-3-11-22-20(17)28-18-9-2-1-7-16(18)21(24)26/h1-3,7-9,11,15H,4-6,10,12-14H2,(H,23,25). The van der Waals surface area contributed by atoms with Crippen LogP contribution in [0.5, 0.6) is 0 Å². The van der Waals surface area contributed by atoms with Crippen molar-refractivity contribution in [3.63, 3.8) is 0 Å². The zero-order valence-corrected chi connectivity index (χ0v) is 16.4. The Hall–Kier alpha value is -2.38. The minimum atomic E-state index is -0.0467. The Morgan fingerprint density at radius 1 is 1.29 bits per heavy atom. The number of benzene rings is 1. The molecular formula is C21H23N3O3S. The molecule has 2 amide bonds. The van der Waals surface area contributed by atoms with Crippen molar-refractivity contribution in [1.29, 1.82) is 0 Å². The molecule has 1 N–H and O–H groups in total. The van der Waals surface area contributed by atoms with Gasteiger partial charge in [-0.1, -0.05) is 23.9 Å². The summed E-state index contributed by atoms with van der Waals surface area (Å²) in [5, 5.41) is 3.75. The Bertz CT molecular complexity index is 867. The van der Waals surface area contributed by atoms with E-state index in [9.17, 15) is 9.59 Å². The normalized spacial score (nSPS) is 18.4. The van der Waals surface area contributed by atoms with Gasteiger partial charge in [-0.15, -0.1) is 0 Å². The lowest BCUT2D eigenvalue weighted by atomic mass is 10.1. The van der Waals surface area contributed by atoms with Crippen LogP contribution >= 0.6 is 11.8 Å². The fraction of sp³-hybridized carbons (Fsp3) is 0.381.